The van der Waals surface area contributed by atoms with Crippen LogP contribution in [0.4, 0.5) is 0 Å². The van der Waals surface area contributed by atoms with Crippen molar-refractivity contribution in [2.24, 2.45) is 5.73 Å². The molecule has 0 radical (unpaired) electrons. The first-order valence-electron chi connectivity index (χ1n) is 7.57. The van der Waals surface area contributed by atoms with Crippen LogP contribution in [0.5, 0.6) is 11.5 Å². The largest absolute Gasteiger partial charge is 0.486 e. The van der Waals surface area contributed by atoms with E-state index in [-0.39, 0.29) is 12.1 Å². The molecule has 2 aromatic rings. The van der Waals surface area contributed by atoms with Crippen molar-refractivity contribution in [3.63, 3.8) is 0 Å². The Labute approximate surface area is 129 Å². The van der Waals surface area contributed by atoms with E-state index in [2.05, 4.69) is 6.92 Å². The van der Waals surface area contributed by atoms with Crippen LogP contribution in [0.25, 0.3) is 11.3 Å². The van der Waals surface area contributed by atoms with Crippen LogP contribution in [0, 0.1) is 0 Å². The van der Waals surface area contributed by atoms with Crippen molar-refractivity contribution in [1.82, 2.24) is 4.57 Å². The van der Waals surface area contributed by atoms with E-state index < -0.39 is 0 Å². The van der Waals surface area contributed by atoms with E-state index in [4.69, 9.17) is 15.2 Å². The smallest absolute Gasteiger partial charge is 0.255 e. The van der Waals surface area contributed by atoms with Crippen LogP contribution in [0.2, 0.25) is 0 Å². The highest BCUT2D eigenvalue weighted by Crippen LogP contribution is 2.34. The predicted molar refractivity (Wildman–Crippen MR) is 85.3 cm³/mol. The molecule has 0 atom stereocenters. The summed E-state index contributed by atoms with van der Waals surface area (Å²) in [6.07, 6.45) is 0.880. The van der Waals surface area contributed by atoms with Crippen LogP contribution < -0.4 is 20.8 Å². The van der Waals surface area contributed by atoms with Crippen LogP contribution in [0.15, 0.2) is 35.1 Å². The van der Waals surface area contributed by atoms with E-state index in [9.17, 15) is 4.79 Å². The zero-order valence-corrected chi connectivity index (χ0v) is 12.7. The van der Waals surface area contributed by atoms with Crippen LogP contribution in [-0.2, 0) is 13.1 Å². The molecule has 1 aliphatic heterocycles. The molecule has 2 N–H and O–H groups in total. The molecule has 0 unspecified atom stereocenters. The van der Waals surface area contributed by atoms with Crippen molar-refractivity contribution in [2.75, 3.05) is 13.2 Å². The van der Waals surface area contributed by atoms with Crippen molar-refractivity contribution in [2.45, 2.75) is 26.4 Å². The maximum Gasteiger partial charge on any atom is 0.255 e. The van der Waals surface area contributed by atoms with Crippen molar-refractivity contribution >= 4 is 0 Å². The number of ether oxygens (including phenoxy) is 2. The number of nitrogens with two attached hydrogens (primary N) is 1. The second-order valence-electron chi connectivity index (χ2n) is 5.26. The number of nitrogens with zero attached hydrogens (tertiary/aromatic N) is 1. The van der Waals surface area contributed by atoms with Gasteiger partial charge in [0, 0.05) is 24.2 Å². The van der Waals surface area contributed by atoms with Gasteiger partial charge < -0.3 is 19.8 Å². The molecule has 0 bridgehead atoms. The first kappa shape index (κ1) is 14.7. The zero-order valence-electron chi connectivity index (χ0n) is 12.7. The van der Waals surface area contributed by atoms with Crippen LogP contribution in [0.1, 0.15) is 18.9 Å². The van der Waals surface area contributed by atoms with Gasteiger partial charge in [-0.05, 0) is 30.7 Å². The number of fused-ring (bicyclic) bond motifs is 1. The Balaban J connectivity index is 2.11. The Morgan fingerprint density at radius 3 is 2.64 bits per heavy atom. The van der Waals surface area contributed by atoms with Crippen LogP contribution in [0.3, 0.4) is 0 Å². The Morgan fingerprint density at radius 2 is 1.91 bits per heavy atom. The summed E-state index contributed by atoms with van der Waals surface area (Å²) in [5.41, 5.74) is 8.08. The monoisotopic (exact) mass is 300 g/mol. The number of benzene rings is 1. The number of hydrogen-bond donors (Lipinski definition) is 1. The second-order valence-corrected chi connectivity index (χ2v) is 5.26. The highest BCUT2D eigenvalue weighted by Gasteiger charge is 2.15. The normalized spacial score (nSPS) is 13.2. The Kier molecular flexibility index (Phi) is 4.15. The van der Waals surface area contributed by atoms with E-state index >= 15 is 0 Å². The molecule has 0 amide bonds. The number of rotatable bonds is 4. The first-order valence-corrected chi connectivity index (χ1v) is 7.57. The standard InChI is InChI=1S/C17H20N2O3/c1-2-7-19-14(5-3-13(11-18)17(19)20)12-4-6-15-16(10-12)22-9-8-21-15/h3-6,10H,2,7-9,11,18H2,1H3. The highest BCUT2D eigenvalue weighted by molar-refractivity contribution is 5.65. The van der Waals surface area contributed by atoms with E-state index in [1.165, 1.54) is 0 Å². The minimum absolute atomic E-state index is 0.0169. The van der Waals surface area contributed by atoms with Gasteiger partial charge in [0.1, 0.15) is 13.2 Å². The molecule has 1 aromatic heterocycles. The Bertz CT molecular complexity index is 737. The van der Waals surface area contributed by atoms with Gasteiger partial charge in [-0.1, -0.05) is 13.0 Å². The fourth-order valence-electron chi connectivity index (χ4n) is 2.68. The lowest BCUT2D eigenvalue weighted by Crippen LogP contribution is -2.26. The molecule has 3 rings (SSSR count). The second kappa shape index (κ2) is 6.23. The topological polar surface area (TPSA) is 66.5 Å². The highest BCUT2D eigenvalue weighted by atomic mass is 16.6. The summed E-state index contributed by atoms with van der Waals surface area (Å²) >= 11 is 0. The quantitative estimate of drug-likeness (QED) is 0.939. The molecule has 5 nitrogen and oxygen atoms in total. The molecule has 0 fully saturated rings. The van der Waals surface area contributed by atoms with E-state index in [0.29, 0.717) is 25.3 Å². The summed E-state index contributed by atoms with van der Waals surface area (Å²) in [4.78, 5) is 12.5. The van der Waals surface area contributed by atoms with Crippen LogP contribution in [-0.4, -0.2) is 17.8 Å². The fourth-order valence-corrected chi connectivity index (χ4v) is 2.68. The molecule has 2 heterocycles. The molecule has 116 valence electrons. The third kappa shape index (κ3) is 2.60. The third-order valence-electron chi connectivity index (χ3n) is 3.76. The summed E-state index contributed by atoms with van der Waals surface area (Å²) in [5, 5.41) is 0. The van der Waals surface area contributed by atoms with Gasteiger partial charge in [-0.25, -0.2) is 0 Å². The molecule has 0 saturated carbocycles. The lowest BCUT2D eigenvalue weighted by atomic mass is 10.1. The van der Waals surface area contributed by atoms with Gasteiger partial charge in [0.15, 0.2) is 11.5 Å². The lowest BCUT2D eigenvalue weighted by molar-refractivity contribution is 0.171. The molecular weight excluding hydrogens is 280 g/mol. The average molecular weight is 300 g/mol. The minimum atomic E-state index is -0.0169. The molecule has 0 saturated heterocycles. The maximum atomic E-state index is 12.5. The third-order valence-corrected chi connectivity index (χ3v) is 3.76. The van der Waals surface area contributed by atoms with Crippen molar-refractivity contribution in [1.29, 1.82) is 0 Å². The zero-order chi connectivity index (χ0) is 15.5. The van der Waals surface area contributed by atoms with E-state index in [0.717, 1.165) is 29.2 Å². The summed E-state index contributed by atoms with van der Waals surface area (Å²) < 4.78 is 13.0. The number of hydrogen-bond acceptors (Lipinski definition) is 4. The molecule has 1 aliphatic rings. The van der Waals surface area contributed by atoms with Gasteiger partial charge in [0.2, 0.25) is 0 Å². The number of aromatic nitrogens is 1. The van der Waals surface area contributed by atoms with Gasteiger partial charge in [-0.2, -0.15) is 0 Å². The lowest BCUT2D eigenvalue weighted by Gasteiger charge is -2.20. The molecule has 0 spiro atoms. The summed E-state index contributed by atoms with van der Waals surface area (Å²) in [6.45, 7) is 4.08. The summed E-state index contributed by atoms with van der Waals surface area (Å²) in [6, 6.07) is 9.53. The van der Waals surface area contributed by atoms with Crippen molar-refractivity contribution in [3.8, 4) is 22.8 Å². The number of pyridine rings is 1. The van der Waals surface area contributed by atoms with Gasteiger partial charge in [0.25, 0.3) is 5.56 Å². The molecular formula is C17H20N2O3. The maximum absolute atomic E-state index is 12.5. The summed E-state index contributed by atoms with van der Waals surface area (Å²) in [5.74, 6) is 1.47. The molecule has 22 heavy (non-hydrogen) atoms. The Hall–Kier alpha value is -2.27. The molecule has 5 heteroatoms. The summed E-state index contributed by atoms with van der Waals surface area (Å²) in [7, 11) is 0. The average Bonchev–Trinajstić information content (AvgIpc) is 2.56. The van der Waals surface area contributed by atoms with E-state index in [1.807, 2.05) is 24.3 Å². The van der Waals surface area contributed by atoms with Gasteiger partial charge in [-0.3, -0.25) is 4.79 Å². The van der Waals surface area contributed by atoms with Crippen LogP contribution >= 0.6 is 0 Å². The first-order chi connectivity index (χ1) is 10.7. The van der Waals surface area contributed by atoms with Crippen molar-refractivity contribution in [3.05, 3.63) is 46.2 Å². The van der Waals surface area contributed by atoms with Gasteiger partial charge >= 0.3 is 0 Å². The van der Waals surface area contributed by atoms with E-state index in [1.54, 1.807) is 10.6 Å². The SMILES string of the molecule is CCCn1c(-c2ccc3c(c2)OCCO3)ccc(CN)c1=O. The van der Waals surface area contributed by atoms with Crippen molar-refractivity contribution < 1.29 is 9.47 Å². The van der Waals surface area contributed by atoms with Gasteiger partial charge in [0.05, 0.1) is 5.69 Å². The van der Waals surface area contributed by atoms with Gasteiger partial charge in [-0.15, -0.1) is 0 Å². The molecule has 0 aliphatic carbocycles. The molecule has 1 aromatic carbocycles. The predicted octanol–water partition coefficient (Wildman–Crippen LogP) is 2.16. The Morgan fingerprint density at radius 1 is 1.14 bits per heavy atom. The fraction of sp³-hybridized carbons (Fsp3) is 0.353. The minimum Gasteiger partial charge on any atom is -0.486 e.